The third-order valence-corrected chi connectivity index (χ3v) is 2.10. The third kappa shape index (κ3) is 4.80. The smallest absolute Gasteiger partial charge is 0.294 e. The number of nitrogens with one attached hydrogen (secondary N) is 1. The van der Waals surface area contributed by atoms with E-state index in [2.05, 4.69) is 17.5 Å². The van der Waals surface area contributed by atoms with Crippen LogP contribution in [0.2, 0.25) is 0 Å². The predicted molar refractivity (Wildman–Crippen MR) is 55.5 cm³/mol. The summed E-state index contributed by atoms with van der Waals surface area (Å²) in [4.78, 5) is 12.1. The van der Waals surface area contributed by atoms with Crippen molar-refractivity contribution in [3.8, 4) is 0 Å². The fourth-order valence-corrected chi connectivity index (χ4v) is 0.886. The summed E-state index contributed by atoms with van der Waals surface area (Å²) in [6.45, 7) is 5.63. The molecule has 0 heterocycles. The van der Waals surface area contributed by atoms with Crippen LogP contribution in [-0.2, 0) is 9.53 Å². The molecule has 0 aliphatic rings. The quantitative estimate of drug-likeness (QED) is 0.281. The van der Waals surface area contributed by atoms with Crippen LogP contribution in [0.15, 0.2) is 0 Å². The molecule has 0 bridgehead atoms. The molecular weight excluding hydrogens is 188 g/mol. The van der Waals surface area contributed by atoms with E-state index in [0.29, 0.717) is 6.47 Å². The zero-order valence-electron chi connectivity index (χ0n) is 8.24. The molecule has 0 saturated carbocycles. The van der Waals surface area contributed by atoms with Gasteiger partial charge in [0.05, 0.1) is 5.49 Å². The highest BCUT2D eigenvalue weighted by molar-refractivity contribution is 7.78. The fourth-order valence-electron chi connectivity index (χ4n) is 0.768. The van der Waals surface area contributed by atoms with Gasteiger partial charge in [0, 0.05) is 13.1 Å². The second kappa shape index (κ2) is 5.88. The molecular formula is C8H16N2O2S. The van der Waals surface area contributed by atoms with Crippen molar-refractivity contribution in [1.29, 1.82) is 0 Å². The molecule has 13 heavy (non-hydrogen) atoms. The molecule has 0 radical (unpaired) electrons. The highest BCUT2D eigenvalue weighted by atomic mass is 32.1. The van der Waals surface area contributed by atoms with Crippen molar-refractivity contribution in [2.24, 2.45) is 0 Å². The first-order valence-electron chi connectivity index (χ1n) is 4.04. The van der Waals surface area contributed by atoms with Gasteiger partial charge in [0.15, 0.2) is 5.72 Å². The van der Waals surface area contributed by atoms with Gasteiger partial charge in [0.25, 0.3) is 6.47 Å². The van der Waals surface area contributed by atoms with Crippen LogP contribution >= 0.6 is 12.2 Å². The van der Waals surface area contributed by atoms with Crippen molar-refractivity contribution in [3.63, 3.8) is 0 Å². The van der Waals surface area contributed by atoms with Crippen LogP contribution in [0.5, 0.6) is 0 Å². The molecule has 0 atom stereocenters. The van der Waals surface area contributed by atoms with E-state index in [1.165, 1.54) is 5.49 Å². The lowest BCUT2D eigenvalue weighted by atomic mass is 10.2. The average molecular weight is 204 g/mol. The van der Waals surface area contributed by atoms with Crippen LogP contribution < -0.4 is 5.32 Å². The van der Waals surface area contributed by atoms with E-state index in [1.807, 2.05) is 25.8 Å². The minimum absolute atomic E-state index is 0.461. The number of likely N-dealkylation sites (N-methyl/N-ethyl adjacent to an activating group) is 1. The molecule has 0 amide bonds. The lowest BCUT2D eigenvalue weighted by Crippen LogP contribution is -2.45. The van der Waals surface area contributed by atoms with E-state index >= 15 is 0 Å². The Balaban J connectivity index is 3.85. The molecule has 0 aliphatic carbocycles. The van der Waals surface area contributed by atoms with Gasteiger partial charge in [0.2, 0.25) is 0 Å². The molecule has 0 aromatic heterocycles. The topological polar surface area (TPSA) is 41.6 Å². The summed E-state index contributed by atoms with van der Waals surface area (Å²) in [7, 11) is 1.88. The molecule has 0 saturated heterocycles. The zero-order chi connectivity index (χ0) is 10.3. The van der Waals surface area contributed by atoms with Crippen LogP contribution in [0, 0.1) is 0 Å². The van der Waals surface area contributed by atoms with Crippen molar-refractivity contribution >= 4 is 24.2 Å². The second-order valence-corrected chi connectivity index (χ2v) is 3.39. The van der Waals surface area contributed by atoms with Crippen LogP contribution in [0.4, 0.5) is 0 Å². The molecule has 0 aliphatic heterocycles. The summed E-state index contributed by atoms with van der Waals surface area (Å²) in [5.41, 5.74) is 0.909. The Kier molecular flexibility index (Phi) is 5.57. The minimum Gasteiger partial charge on any atom is -0.447 e. The van der Waals surface area contributed by atoms with E-state index in [9.17, 15) is 4.79 Å². The molecule has 0 aromatic carbocycles. The van der Waals surface area contributed by atoms with Gasteiger partial charge in [-0.1, -0.05) is 12.2 Å². The minimum atomic E-state index is -0.565. The Labute approximate surface area is 84.2 Å². The summed E-state index contributed by atoms with van der Waals surface area (Å²) < 4.78 is 4.90. The number of carbonyl (C=O) groups is 1. The van der Waals surface area contributed by atoms with E-state index in [4.69, 9.17) is 4.74 Å². The highest BCUT2D eigenvalue weighted by Gasteiger charge is 2.23. The van der Waals surface area contributed by atoms with Gasteiger partial charge in [-0.25, -0.2) is 0 Å². The largest absolute Gasteiger partial charge is 0.447 e. The molecule has 0 aromatic rings. The summed E-state index contributed by atoms with van der Waals surface area (Å²) in [6, 6.07) is 0. The maximum absolute atomic E-state index is 10.2. The summed E-state index contributed by atoms with van der Waals surface area (Å²) in [5, 5.41) is 2.90. The van der Waals surface area contributed by atoms with Crippen molar-refractivity contribution in [2.75, 3.05) is 20.1 Å². The zero-order valence-corrected chi connectivity index (χ0v) is 9.06. The van der Waals surface area contributed by atoms with Gasteiger partial charge in [-0.2, -0.15) is 0 Å². The number of carbonyl (C=O) groups excluding carboxylic acids is 1. The van der Waals surface area contributed by atoms with Crippen LogP contribution in [0.1, 0.15) is 13.8 Å². The number of rotatable bonds is 7. The van der Waals surface area contributed by atoms with Gasteiger partial charge >= 0.3 is 0 Å². The van der Waals surface area contributed by atoms with Gasteiger partial charge in [-0.3, -0.25) is 9.69 Å². The summed E-state index contributed by atoms with van der Waals surface area (Å²) >= 11 is 4.61. The SMILES string of the molecule is CN(CCNC=S)C(C)(C)OC=O. The van der Waals surface area contributed by atoms with Crippen molar-refractivity contribution in [2.45, 2.75) is 19.6 Å². The first-order valence-corrected chi connectivity index (χ1v) is 4.51. The second-order valence-electron chi connectivity index (χ2n) is 3.15. The molecule has 5 heteroatoms. The number of thiocarbonyl (C=S) groups is 1. The maximum Gasteiger partial charge on any atom is 0.294 e. The molecule has 0 spiro atoms. The number of hydrogen-bond acceptors (Lipinski definition) is 4. The van der Waals surface area contributed by atoms with E-state index < -0.39 is 5.72 Å². The molecule has 4 nitrogen and oxygen atoms in total. The van der Waals surface area contributed by atoms with Crippen molar-refractivity contribution in [3.05, 3.63) is 0 Å². The molecule has 0 rings (SSSR count). The third-order valence-electron chi connectivity index (χ3n) is 1.93. The Morgan fingerprint density at radius 3 is 2.69 bits per heavy atom. The predicted octanol–water partition coefficient (Wildman–Crippen LogP) is 0.374. The number of ether oxygens (including phenoxy) is 1. The van der Waals surface area contributed by atoms with Gasteiger partial charge < -0.3 is 10.1 Å². The Morgan fingerprint density at radius 2 is 2.23 bits per heavy atom. The Morgan fingerprint density at radius 1 is 1.62 bits per heavy atom. The fraction of sp³-hybridized carbons (Fsp3) is 0.750. The first kappa shape index (κ1) is 12.3. The lowest BCUT2D eigenvalue weighted by Gasteiger charge is -2.33. The standard InChI is InChI=1S/C8H16N2O2S/c1-8(2,12-7-11)10(3)5-4-9-6-13/h6-7H,4-5H2,1-3H3,(H,9,13). The van der Waals surface area contributed by atoms with E-state index in [1.54, 1.807) is 0 Å². The van der Waals surface area contributed by atoms with Crippen molar-refractivity contribution in [1.82, 2.24) is 10.2 Å². The van der Waals surface area contributed by atoms with Gasteiger partial charge in [0.1, 0.15) is 0 Å². The Bertz CT molecular complexity index is 174. The molecule has 0 unspecified atom stereocenters. The maximum atomic E-state index is 10.2. The van der Waals surface area contributed by atoms with E-state index in [0.717, 1.165) is 13.1 Å². The van der Waals surface area contributed by atoms with Gasteiger partial charge in [-0.15, -0.1) is 0 Å². The van der Waals surface area contributed by atoms with E-state index in [-0.39, 0.29) is 0 Å². The highest BCUT2D eigenvalue weighted by Crippen LogP contribution is 2.11. The van der Waals surface area contributed by atoms with Crippen LogP contribution in [-0.4, -0.2) is 42.7 Å². The first-order chi connectivity index (χ1) is 6.04. The summed E-state index contributed by atoms with van der Waals surface area (Å²) in [6.07, 6.45) is 0. The number of hydrogen-bond donors (Lipinski definition) is 1. The van der Waals surface area contributed by atoms with Crippen LogP contribution in [0.25, 0.3) is 0 Å². The molecule has 76 valence electrons. The Hall–Kier alpha value is -0.680. The molecule has 1 N–H and O–H groups in total. The lowest BCUT2D eigenvalue weighted by molar-refractivity contribution is -0.157. The van der Waals surface area contributed by atoms with Crippen LogP contribution in [0.3, 0.4) is 0 Å². The van der Waals surface area contributed by atoms with Gasteiger partial charge in [-0.05, 0) is 20.9 Å². The summed E-state index contributed by atoms with van der Waals surface area (Å²) in [5.74, 6) is 0. The van der Waals surface area contributed by atoms with Crippen molar-refractivity contribution < 1.29 is 9.53 Å². The average Bonchev–Trinajstić information content (AvgIpc) is 2.04. The monoisotopic (exact) mass is 204 g/mol. The normalized spacial score (nSPS) is 11.1. The molecule has 0 fully saturated rings. The number of nitrogens with zero attached hydrogens (tertiary/aromatic N) is 1.